The number of rotatable bonds is 7. The summed E-state index contributed by atoms with van der Waals surface area (Å²) in [6, 6.07) is 10.3. The summed E-state index contributed by atoms with van der Waals surface area (Å²) in [4.78, 5) is 0. The van der Waals surface area contributed by atoms with Gasteiger partial charge in [-0.25, -0.2) is 0 Å². The van der Waals surface area contributed by atoms with Gasteiger partial charge in [-0.1, -0.05) is 43.7 Å². The fourth-order valence-electron chi connectivity index (χ4n) is 2.68. The third-order valence-corrected chi connectivity index (χ3v) is 4.17. The third kappa shape index (κ3) is 4.65. The molecule has 0 aliphatic heterocycles. The van der Waals surface area contributed by atoms with Crippen molar-refractivity contribution in [3.63, 3.8) is 0 Å². The molecule has 0 radical (unpaired) electrons. The standard InChI is InChI=1S/C18H29N/c1-13(2)5-8-15(4)19-18(17-11-12-17)16-9-6-14(3)7-10-16/h6-7,9-10,13,15,17-19H,5,8,11-12H2,1-4H3. The molecule has 2 rings (SSSR count). The molecule has 2 atom stereocenters. The van der Waals surface area contributed by atoms with Gasteiger partial charge in [-0.3, -0.25) is 0 Å². The summed E-state index contributed by atoms with van der Waals surface area (Å²) in [5.41, 5.74) is 2.83. The molecule has 1 aliphatic carbocycles. The van der Waals surface area contributed by atoms with Crippen molar-refractivity contribution in [2.75, 3.05) is 0 Å². The van der Waals surface area contributed by atoms with Gasteiger partial charge < -0.3 is 5.32 Å². The smallest absolute Gasteiger partial charge is 0.0350 e. The van der Waals surface area contributed by atoms with Crippen LogP contribution in [0.4, 0.5) is 0 Å². The van der Waals surface area contributed by atoms with Crippen LogP contribution in [0.5, 0.6) is 0 Å². The Bertz CT molecular complexity index is 375. The van der Waals surface area contributed by atoms with E-state index in [1.54, 1.807) is 0 Å². The maximum Gasteiger partial charge on any atom is 0.0350 e. The van der Waals surface area contributed by atoms with Crippen LogP contribution >= 0.6 is 0 Å². The van der Waals surface area contributed by atoms with Crippen LogP contribution in [0.3, 0.4) is 0 Å². The van der Waals surface area contributed by atoms with Crippen LogP contribution in [0.2, 0.25) is 0 Å². The topological polar surface area (TPSA) is 12.0 Å². The van der Waals surface area contributed by atoms with E-state index in [9.17, 15) is 0 Å². The molecule has 0 saturated heterocycles. The molecule has 1 N–H and O–H groups in total. The van der Waals surface area contributed by atoms with Gasteiger partial charge in [0.05, 0.1) is 0 Å². The van der Waals surface area contributed by atoms with Gasteiger partial charge in [0.1, 0.15) is 0 Å². The van der Waals surface area contributed by atoms with E-state index in [0.717, 1.165) is 11.8 Å². The fraction of sp³-hybridized carbons (Fsp3) is 0.667. The van der Waals surface area contributed by atoms with E-state index >= 15 is 0 Å². The lowest BCUT2D eigenvalue weighted by molar-refractivity contribution is 0.381. The quantitative estimate of drug-likeness (QED) is 0.737. The first-order chi connectivity index (χ1) is 9.06. The van der Waals surface area contributed by atoms with Gasteiger partial charge in [0.25, 0.3) is 0 Å². The summed E-state index contributed by atoms with van der Waals surface area (Å²) in [7, 11) is 0. The Kier molecular flexibility index (Phi) is 5.04. The zero-order valence-corrected chi connectivity index (χ0v) is 12.9. The van der Waals surface area contributed by atoms with E-state index in [1.807, 2.05) is 0 Å². The first kappa shape index (κ1) is 14.6. The SMILES string of the molecule is Cc1ccc(C(NC(C)CCC(C)C)C2CC2)cc1. The Labute approximate surface area is 118 Å². The molecular formula is C18H29N. The van der Waals surface area contributed by atoms with Crippen molar-refractivity contribution in [1.82, 2.24) is 5.32 Å². The van der Waals surface area contributed by atoms with Crippen molar-refractivity contribution in [3.8, 4) is 0 Å². The predicted molar refractivity (Wildman–Crippen MR) is 83.3 cm³/mol. The van der Waals surface area contributed by atoms with Gasteiger partial charge in [0.15, 0.2) is 0 Å². The van der Waals surface area contributed by atoms with Crippen LogP contribution < -0.4 is 5.32 Å². The highest BCUT2D eigenvalue weighted by Crippen LogP contribution is 2.41. The van der Waals surface area contributed by atoms with Crippen LogP contribution in [0.15, 0.2) is 24.3 Å². The molecule has 106 valence electrons. The van der Waals surface area contributed by atoms with Gasteiger partial charge in [-0.2, -0.15) is 0 Å². The molecule has 0 bridgehead atoms. The second kappa shape index (κ2) is 6.56. The highest BCUT2D eigenvalue weighted by atomic mass is 15.0. The molecule has 0 spiro atoms. The molecule has 1 fully saturated rings. The maximum absolute atomic E-state index is 3.87. The molecular weight excluding hydrogens is 230 g/mol. The minimum Gasteiger partial charge on any atom is -0.307 e. The van der Waals surface area contributed by atoms with Crippen LogP contribution in [0.1, 0.15) is 63.6 Å². The van der Waals surface area contributed by atoms with Gasteiger partial charge >= 0.3 is 0 Å². The van der Waals surface area contributed by atoms with Crippen LogP contribution in [-0.4, -0.2) is 6.04 Å². The third-order valence-electron chi connectivity index (χ3n) is 4.17. The van der Waals surface area contributed by atoms with Crippen LogP contribution in [-0.2, 0) is 0 Å². The summed E-state index contributed by atoms with van der Waals surface area (Å²) < 4.78 is 0. The number of hydrogen-bond acceptors (Lipinski definition) is 1. The molecule has 1 aliphatic rings. The van der Waals surface area contributed by atoms with Crippen molar-refractivity contribution >= 4 is 0 Å². The number of benzene rings is 1. The Morgan fingerprint density at radius 1 is 1.05 bits per heavy atom. The van der Waals surface area contributed by atoms with Gasteiger partial charge in [0.2, 0.25) is 0 Å². The van der Waals surface area contributed by atoms with E-state index < -0.39 is 0 Å². The van der Waals surface area contributed by atoms with Gasteiger partial charge in [0, 0.05) is 12.1 Å². The highest BCUT2D eigenvalue weighted by Gasteiger charge is 2.32. The Morgan fingerprint density at radius 2 is 1.68 bits per heavy atom. The van der Waals surface area contributed by atoms with Crippen LogP contribution in [0, 0.1) is 18.8 Å². The molecule has 1 aromatic rings. The normalized spacial score (nSPS) is 18.6. The fourth-order valence-corrected chi connectivity index (χ4v) is 2.68. The summed E-state index contributed by atoms with van der Waals surface area (Å²) in [5.74, 6) is 1.67. The highest BCUT2D eigenvalue weighted by molar-refractivity contribution is 5.25. The Balaban J connectivity index is 1.94. The van der Waals surface area contributed by atoms with Crippen molar-refractivity contribution < 1.29 is 0 Å². The molecule has 1 heteroatoms. The van der Waals surface area contributed by atoms with E-state index in [0.29, 0.717) is 12.1 Å². The zero-order valence-electron chi connectivity index (χ0n) is 12.9. The van der Waals surface area contributed by atoms with Crippen LogP contribution in [0.25, 0.3) is 0 Å². The lowest BCUT2D eigenvalue weighted by Gasteiger charge is -2.24. The first-order valence-corrected chi connectivity index (χ1v) is 7.89. The average Bonchev–Trinajstić information content (AvgIpc) is 3.19. The van der Waals surface area contributed by atoms with Gasteiger partial charge in [-0.15, -0.1) is 0 Å². The molecule has 1 aromatic carbocycles. The Hall–Kier alpha value is -0.820. The number of hydrogen-bond donors (Lipinski definition) is 1. The van der Waals surface area contributed by atoms with Gasteiger partial charge in [-0.05, 0) is 56.9 Å². The van der Waals surface area contributed by atoms with E-state index in [1.165, 1.54) is 36.8 Å². The summed E-state index contributed by atoms with van der Waals surface area (Å²) in [6.45, 7) is 9.12. The van der Waals surface area contributed by atoms with Crippen molar-refractivity contribution in [3.05, 3.63) is 35.4 Å². The lowest BCUT2D eigenvalue weighted by atomic mass is 9.98. The average molecular weight is 259 g/mol. The largest absolute Gasteiger partial charge is 0.307 e. The molecule has 1 saturated carbocycles. The predicted octanol–water partition coefficient (Wildman–Crippen LogP) is 4.86. The maximum atomic E-state index is 3.87. The summed E-state index contributed by atoms with van der Waals surface area (Å²) in [5, 5.41) is 3.87. The van der Waals surface area contributed by atoms with Crippen molar-refractivity contribution in [2.45, 2.75) is 65.5 Å². The minimum atomic E-state index is 0.572. The molecule has 2 unspecified atom stereocenters. The number of nitrogens with one attached hydrogen (secondary N) is 1. The molecule has 1 nitrogen and oxygen atoms in total. The number of aryl methyl sites for hydroxylation is 1. The molecule has 19 heavy (non-hydrogen) atoms. The summed E-state index contributed by atoms with van der Waals surface area (Å²) >= 11 is 0. The minimum absolute atomic E-state index is 0.572. The molecule has 0 aromatic heterocycles. The molecule has 0 amide bonds. The van der Waals surface area contributed by atoms with Crippen molar-refractivity contribution in [1.29, 1.82) is 0 Å². The second-order valence-corrected chi connectivity index (χ2v) is 6.76. The monoisotopic (exact) mass is 259 g/mol. The van der Waals surface area contributed by atoms with E-state index in [2.05, 4.69) is 57.3 Å². The summed E-state index contributed by atoms with van der Waals surface area (Å²) in [6.07, 6.45) is 5.39. The van der Waals surface area contributed by atoms with Crippen molar-refractivity contribution in [2.24, 2.45) is 11.8 Å². The van der Waals surface area contributed by atoms with E-state index in [4.69, 9.17) is 0 Å². The molecule has 0 heterocycles. The Morgan fingerprint density at radius 3 is 2.21 bits per heavy atom. The van der Waals surface area contributed by atoms with E-state index in [-0.39, 0.29) is 0 Å². The lowest BCUT2D eigenvalue weighted by Crippen LogP contribution is -2.32. The first-order valence-electron chi connectivity index (χ1n) is 7.89. The zero-order chi connectivity index (χ0) is 13.8. The second-order valence-electron chi connectivity index (χ2n) is 6.76.